The molecule has 2 aromatic heterocycles. The Bertz CT molecular complexity index is 549. The van der Waals surface area contributed by atoms with Gasteiger partial charge in [-0.2, -0.15) is 5.26 Å². The zero-order valence-electron chi connectivity index (χ0n) is 7.41. The first-order valence-corrected chi connectivity index (χ1v) is 4.20. The molecule has 2 aromatic rings. The molecule has 0 aliphatic rings. The molecule has 0 fully saturated rings. The van der Waals surface area contributed by atoms with E-state index in [1.807, 2.05) is 24.4 Å². The Morgan fingerprint density at radius 1 is 1.43 bits per heavy atom. The molecule has 3 nitrogen and oxygen atoms in total. The third-order valence-corrected chi connectivity index (χ3v) is 1.85. The van der Waals surface area contributed by atoms with Crippen LogP contribution in [0, 0.1) is 23.2 Å². The molecular weight excluding hydrogens is 174 g/mol. The molecule has 2 heterocycles. The van der Waals surface area contributed by atoms with E-state index < -0.39 is 0 Å². The number of hydrogen-bond acceptors (Lipinski definition) is 2. The summed E-state index contributed by atoms with van der Waals surface area (Å²) in [6.45, 7) is 0. The highest BCUT2D eigenvalue weighted by Gasteiger charge is 1.98. The average Bonchev–Trinajstić information content (AvgIpc) is 2.67. The van der Waals surface area contributed by atoms with Gasteiger partial charge in [-0.05, 0) is 12.1 Å². The number of H-pyrrole nitrogens is 1. The van der Waals surface area contributed by atoms with Gasteiger partial charge in [-0.1, -0.05) is 11.8 Å². The van der Waals surface area contributed by atoms with Crippen molar-refractivity contribution in [2.45, 2.75) is 6.42 Å². The zero-order valence-corrected chi connectivity index (χ0v) is 7.41. The molecule has 66 valence electrons. The van der Waals surface area contributed by atoms with Crippen LogP contribution in [0.5, 0.6) is 0 Å². The van der Waals surface area contributed by atoms with Crippen molar-refractivity contribution < 1.29 is 0 Å². The lowest BCUT2D eigenvalue weighted by molar-refractivity contribution is 1.32. The molecule has 0 bridgehead atoms. The highest BCUT2D eigenvalue weighted by Crippen LogP contribution is 2.13. The smallest absolute Gasteiger partial charge is 0.138 e. The maximum absolute atomic E-state index is 8.35. The number of rotatable bonds is 0. The summed E-state index contributed by atoms with van der Waals surface area (Å²) in [5, 5.41) is 9.34. The molecule has 1 N–H and O–H groups in total. The fraction of sp³-hybridized carbons (Fsp3) is 0.0909. The number of nitrogens with zero attached hydrogens (tertiary/aromatic N) is 2. The van der Waals surface area contributed by atoms with Crippen LogP contribution in [0.25, 0.3) is 11.0 Å². The van der Waals surface area contributed by atoms with Gasteiger partial charge >= 0.3 is 0 Å². The summed E-state index contributed by atoms with van der Waals surface area (Å²) >= 11 is 0. The van der Waals surface area contributed by atoms with E-state index in [0.717, 1.165) is 16.6 Å². The minimum atomic E-state index is 0.258. The monoisotopic (exact) mass is 181 g/mol. The van der Waals surface area contributed by atoms with Gasteiger partial charge < -0.3 is 4.98 Å². The van der Waals surface area contributed by atoms with Crippen molar-refractivity contribution in [2.75, 3.05) is 0 Å². The van der Waals surface area contributed by atoms with E-state index in [0.29, 0.717) is 0 Å². The first kappa shape index (κ1) is 8.34. The Kier molecular flexibility index (Phi) is 2.17. The molecular formula is C11H7N3. The molecule has 0 aliphatic heterocycles. The summed E-state index contributed by atoms with van der Waals surface area (Å²) in [6.07, 6.45) is 3.79. The molecule has 0 amide bonds. The van der Waals surface area contributed by atoms with Crippen LogP contribution in [-0.4, -0.2) is 9.97 Å². The number of aromatic nitrogens is 2. The predicted octanol–water partition coefficient (Wildman–Crippen LogP) is 1.83. The van der Waals surface area contributed by atoms with E-state index >= 15 is 0 Å². The summed E-state index contributed by atoms with van der Waals surface area (Å²) in [6, 6.07) is 5.76. The van der Waals surface area contributed by atoms with E-state index in [2.05, 4.69) is 21.8 Å². The normalized spacial score (nSPS) is 9.07. The SMILES string of the molecule is N#CCC#Cc1ccnc2[nH]ccc12. The molecule has 2 rings (SSSR count). The molecule has 0 aliphatic carbocycles. The topological polar surface area (TPSA) is 52.5 Å². The molecule has 0 aromatic carbocycles. The number of nitrogens with one attached hydrogen (secondary N) is 1. The fourth-order valence-corrected chi connectivity index (χ4v) is 1.25. The zero-order chi connectivity index (χ0) is 9.80. The van der Waals surface area contributed by atoms with Crippen LogP contribution in [0.15, 0.2) is 24.5 Å². The molecule has 0 saturated carbocycles. The van der Waals surface area contributed by atoms with Crippen LogP contribution in [0.2, 0.25) is 0 Å². The lowest BCUT2D eigenvalue weighted by Gasteiger charge is -1.91. The van der Waals surface area contributed by atoms with Gasteiger partial charge in [-0.25, -0.2) is 4.98 Å². The number of aromatic amines is 1. The Morgan fingerprint density at radius 2 is 2.36 bits per heavy atom. The minimum Gasteiger partial charge on any atom is -0.346 e. The van der Waals surface area contributed by atoms with Gasteiger partial charge in [0.15, 0.2) is 0 Å². The Balaban J connectivity index is 2.49. The van der Waals surface area contributed by atoms with Crippen LogP contribution in [0.3, 0.4) is 0 Å². The quantitative estimate of drug-likeness (QED) is 0.630. The summed E-state index contributed by atoms with van der Waals surface area (Å²) in [5.74, 6) is 5.72. The first-order chi connectivity index (χ1) is 6.92. The van der Waals surface area contributed by atoms with Crippen LogP contribution in [0.1, 0.15) is 12.0 Å². The molecule has 0 unspecified atom stereocenters. The second-order valence-electron chi connectivity index (χ2n) is 2.74. The number of nitriles is 1. The number of hydrogen-bond donors (Lipinski definition) is 1. The lowest BCUT2D eigenvalue weighted by atomic mass is 10.2. The Morgan fingerprint density at radius 3 is 3.21 bits per heavy atom. The van der Waals surface area contributed by atoms with Gasteiger partial charge in [-0.3, -0.25) is 0 Å². The molecule has 0 atom stereocenters. The van der Waals surface area contributed by atoms with E-state index in [1.54, 1.807) is 6.20 Å². The lowest BCUT2D eigenvalue weighted by Crippen LogP contribution is -1.79. The summed E-state index contributed by atoms with van der Waals surface area (Å²) < 4.78 is 0. The van der Waals surface area contributed by atoms with Crippen molar-refractivity contribution in [3.8, 4) is 17.9 Å². The van der Waals surface area contributed by atoms with Crippen molar-refractivity contribution in [3.63, 3.8) is 0 Å². The second kappa shape index (κ2) is 3.64. The third-order valence-electron chi connectivity index (χ3n) is 1.85. The van der Waals surface area contributed by atoms with Crippen molar-refractivity contribution >= 4 is 11.0 Å². The van der Waals surface area contributed by atoms with Crippen molar-refractivity contribution in [2.24, 2.45) is 0 Å². The van der Waals surface area contributed by atoms with Gasteiger partial charge in [0.25, 0.3) is 0 Å². The van der Waals surface area contributed by atoms with Gasteiger partial charge in [0.2, 0.25) is 0 Å². The highest BCUT2D eigenvalue weighted by molar-refractivity contribution is 5.82. The van der Waals surface area contributed by atoms with Crippen molar-refractivity contribution in [1.82, 2.24) is 9.97 Å². The van der Waals surface area contributed by atoms with Gasteiger partial charge in [0, 0.05) is 23.3 Å². The number of pyridine rings is 1. The largest absolute Gasteiger partial charge is 0.346 e. The molecule has 0 radical (unpaired) electrons. The fourth-order valence-electron chi connectivity index (χ4n) is 1.25. The van der Waals surface area contributed by atoms with Crippen molar-refractivity contribution in [1.29, 1.82) is 5.26 Å². The number of fused-ring (bicyclic) bond motifs is 1. The van der Waals surface area contributed by atoms with E-state index in [-0.39, 0.29) is 6.42 Å². The molecule has 3 heteroatoms. The van der Waals surface area contributed by atoms with Gasteiger partial charge in [-0.15, -0.1) is 0 Å². The van der Waals surface area contributed by atoms with Crippen LogP contribution < -0.4 is 0 Å². The maximum Gasteiger partial charge on any atom is 0.138 e. The van der Waals surface area contributed by atoms with Gasteiger partial charge in [0.1, 0.15) is 5.65 Å². The first-order valence-electron chi connectivity index (χ1n) is 4.20. The van der Waals surface area contributed by atoms with E-state index in [1.165, 1.54) is 0 Å². The van der Waals surface area contributed by atoms with Crippen LogP contribution >= 0.6 is 0 Å². The maximum atomic E-state index is 8.35. The summed E-state index contributed by atoms with van der Waals surface area (Å²) in [4.78, 5) is 7.15. The second-order valence-corrected chi connectivity index (χ2v) is 2.74. The Labute approximate surface area is 81.4 Å². The van der Waals surface area contributed by atoms with E-state index in [9.17, 15) is 0 Å². The average molecular weight is 181 g/mol. The van der Waals surface area contributed by atoms with Crippen molar-refractivity contribution in [3.05, 3.63) is 30.1 Å². The molecule has 0 saturated heterocycles. The predicted molar refractivity (Wildman–Crippen MR) is 53.2 cm³/mol. The standard InChI is InChI=1S/C11H7N3/c12-6-2-1-3-9-4-7-13-11-10(9)5-8-14-11/h4-5,7-8H,2H2,(H,13,14). The Hall–Kier alpha value is -2.26. The minimum absolute atomic E-state index is 0.258. The van der Waals surface area contributed by atoms with E-state index in [4.69, 9.17) is 5.26 Å². The molecule has 14 heavy (non-hydrogen) atoms. The third kappa shape index (κ3) is 1.44. The van der Waals surface area contributed by atoms with Crippen LogP contribution in [0.4, 0.5) is 0 Å². The molecule has 0 spiro atoms. The summed E-state index contributed by atoms with van der Waals surface area (Å²) in [5.41, 5.74) is 1.74. The highest BCUT2D eigenvalue weighted by atomic mass is 14.8. The van der Waals surface area contributed by atoms with Gasteiger partial charge in [0.05, 0.1) is 12.5 Å². The summed E-state index contributed by atoms with van der Waals surface area (Å²) in [7, 11) is 0. The van der Waals surface area contributed by atoms with Crippen LogP contribution in [-0.2, 0) is 0 Å².